The molecular formula is C20H20Cl2FN3O2S. The van der Waals surface area contributed by atoms with E-state index in [0.717, 1.165) is 23.3 Å². The molecule has 1 amide bonds. The summed E-state index contributed by atoms with van der Waals surface area (Å²) in [5.74, 6) is -0.565. The third-order valence-corrected chi connectivity index (χ3v) is 5.93. The normalized spacial score (nSPS) is 14.6. The molecule has 0 radical (unpaired) electrons. The highest BCUT2D eigenvalue weighted by Crippen LogP contribution is 2.31. The smallest absolute Gasteiger partial charge is 0.260 e. The molecule has 0 spiro atoms. The number of anilines is 1. The Hall–Kier alpha value is -1.77. The fourth-order valence-electron chi connectivity index (χ4n) is 3.10. The van der Waals surface area contributed by atoms with Crippen molar-refractivity contribution in [2.45, 2.75) is 0 Å². The van der Waals surface area contributed by atoms with Crippen molar-refractivity contribution in [3.8, 4) is 0 Å². The maximum absolute atomic E-state index is 13.3. The van der Waals surface area contributed by atoms with E-state index in [0.29, 0.717) is 42.0 Å². The van der Waals surface area contributed by atoms with Crippen molar-refractivity contribution in [1.82, 2.24) is 9.88 Å². The Morgan fingerprint density at radius 2 is 1.93 bits per heavy atom. The first-order valence-electron chi connectivity index (χ1n) is 9.04. The standard InChI is InChI=1S/C20H19ClFN3O2S.ClH/c21-15-3-6-17-18(13-15)28-20(23-17)25(8-7-24-9-11-27-12-10-24)19(26)14-1-4-16(22)5-2-14;/h1-6,13H,7-12H2;1H. The highest BCUT2D eigenvalue weighted by molar-refractivity contribution is 7.22. The molecule has 1 fully saturated rings. The van der Waals surface area contributed by atoms with Gasteiger partial charge in [-0.2, -0.15) is 0 Å². The van der Waals surface area contributed by atoms with E-state index in [2.05, 4.69) is 9.88 Å². The number of hydrogen-bond acceptors (Lipinski definition) is 5. The average molecular weight is 456 g/mol. The molecule has 0 atom stereocenters. The van der Waals surface area contributed by atoms with Crippen molar-refractivity contribution >= 4 is 56.6 Å². The number of morpholine rings is 1. The first kappa shape index (κ1) is 21.9. The van der Waals surface area contributed by atoms with Crippen LogP contribution in [0.5, 0.6) is 0 Å². The zero-order valence-corrected chi connectivity index (χ0v) is 17.9. The Labute approximate surface area is 183 Å². The monoisotopic (exact) mass is 455 g/mol. The second kappa shape index (κ2) is 9.82. The number of benzene rings is 2. The average Bonchev–Trinajstić information content (AvgIpc) is 3.12. The van der Waals surface area contributed by atoms with E-state index < -0.39 is 0 Å². The van der Waals surface area contributed by atoms with Gasteiger partial charge in [-0.05, 0) is 42.5 Å². The van der Waals surface area contributed by atoms with E-state index >= 15 is 0 Å². The minimum absolute atomic E-state index is 0. The molecule has 0 saturated carbocycles. The molecule has 0 N–H and O–H groups in total. The minimum atomic E-state index is -0.369. The number of carbonyl (C=O) groups is 1. The van der Waals surface area contributed by atoms with Gasteiger partial charge in [0.1, 0.15) is 5.82 Å². The molecular weight excluding hydrogens is 436 g/mol. The lowest BCUT2D eigenvalue weighted by Gasteiger charge is -2.29. The molecule has 0 aliphatic carbocycles. The SMILES string of the molecule is Cl.O=C(c1ccc(F)cc1)N(CCN1CCOCC1)c1nc2ccc(Cl)cc2s1. The van der Waals surface area contributed by atoms with Crippen LogP contribution in [0.4, 0.5) is 9.52 Å². The van der Waals surface area contributed by atoms with Crippen molar-refractivity contribution < 1.29 is 13.9 Å². The summed E-state index contributed by atoms with van der Waals surface area (Å²) in [6.45, 7) is 4.29. The van der Waals surface area contributed by atoms with Gasteiger partial charge in [0.2, 0.25) is 0 Å². The highest BCUT2D eigenvalue weighted by Gasteiger charge is 2.23. The topological polar surface area (TPSA) is 45.7 Å². The van der Waals surface area contributed by atoms with Crippen molar-refractivity contribution in [2.24, 2.45) is 0 Å². The lowest BCUT2D eigenvalue weighted by molar-refractivity contribution is 0.0391. The van der Waals surface area contributed by atoms with Gasteiger partial charge in [0, 0.05) is 36.8 Å². The molecule has 0 bridgehead atoms. The van der Waals surface area contributed by atoms with Crippen LogP contribution in [-0.2, 0) is 4.74 Å². The molecule has 0 unspecified atom stereocenters. The van der Waals surface area contributed by atoms with Crippen molar-refractivity contribution in [1.29, 1.82) is 0 Å². The number of ether oxygens (including phenoxy) is 1. The van der Waals surface area contributed by atoms with Crippen LogP contribution in [0.3, 0.4) is 0 Å². The number of thiazole rings is 1. The molecule has 3 aromatic rings. The minimum Gasteiger partial charge on any atom is -0.379 e. The molecule has 1 aromatic heterocycles. The van der Waals surface area contributed by atoms with Crippen molar-refractivity contribution in [2.75, 3.05) is 44.3 Å². The van der Waals surface area contributed by atoms with Crippen LogP contribution in [0.15, 0.2) is 42.5 Å². The Kier molecular flexibility index (Phi) is 7.43. The van der Waals surface area contributed by atoms with E-state index in [9.17, 15) is 9.18 Å². The molecule has 2 aromatic carbocycles. The second-order valence-electron chi connectivity index (χ2n) is 6.53. The largest absolute Gasteiger partial charge is 0.379 e. The third-order valence-electron chi connectivity index (χ3n) is 4.65. The number of hydrogen-bond donors (Lipinski definition) is 0. The summed E-state index contributed by atoms with van der Waals surface area (Å²) in [6, 6.07) is 11.1. The fourth-order valence-corrected chi connectivity index (χ4v) is 4.37. The zero-order valence-electron chi connectivity index (χ0n) is 15.5. The van der Waals surface area contributed by atoms with E-state index in [1.807, 2.05) is 12.1 Å². The molecule has 1 aliphatic heterocycles. The summed E-state index contributed by atoms with van der Waals surface area (Å²) < 4.78 is 19.6. The molecule has 1 aliphatic rings. The number of nitrogens with zero attached hydrogens (tertiary/aromatic N) is 3. The number of carbonyl (C=O) groups excluding carboxylic acids is 1. The van der Waals surface area contributed by atoms with Gasteiger partial charge in [-0.3, -0.25) is 14.6 Å². The van der Waals surface area contributed by atoms with Crippen LogP contribution >= 0.6 is 35.3 Å². The maximum Gasteiger partial charge on any atom is 0.260 e. The number of rotatable bonds is 5. The van der Waals surface area contributed by atoms with Gasteiger partial charge in [-0.15, -0.1) is 12.4 Å². The van der Waals surface area contributed by atoms with E-state index in [1.54, 1.807) is 11.0 Å². The van der Waals surface area contributed by atoms with Gasteiger partial charge in [0.05, 0.1) is 23.4 Å². The van der Waals surface area contributed by atoms with Crippen LogP contribution in [0.25, 0.3) is 10.2 Å². The Balaban J connectivity index is 0.00000240. The van der Waals surface area contributed by atoms with Crippen LogP contribution in [0.2, 0.25) is 5.02 Å². The molecule has 9 heteroatoms. The molecule has 2 heterocycles. The summed E-state index contributed by atoms with van der Waals surface area (Å²) in [5, 5.41) is 1.24. The maximum atomic E-state index is 13.3. The summed E-state index contributed by atoms with van der Waals surface area (Å²) in [5.41, 5.74) is 1.23. The number of halogens is 3. The number of fused-ring (bicyclic) bond motifs is 1. The van der Waals surface area contributed by atoms with Crippen LogP contribution < -0.4 is 4.90 Å². The number of aromatic nitrogens is 1. The van der Waals surface area contributed by atoms with Crippen LogP contribution in [0, 0.1) is 5.82 Å². The predicted octanol–water partition coefficient (Wildman–Crippen LogP) is 4.49. The lowest BCUT2D eigenvalue weighted by atomic mass is 10.2. The third kappa shape index (κ3) is 5.24. The van der Waals surface area contributed by atoms with E-state index in [-0.39, 0.29) is 24.1 Å². The zero-order chi connectivity index (χ0) is 19.5. The van der Waals surface area contributed by atoms with Crippen LogP contribution in [0.1, 0.15) is 10.4 Å². The van der Waals surface area contributed by atoms with E-state index in [4.69, 9.17) is 16.3 Å². The summed E-state index contributed by atoms with van der Waals surface area (Å²) >= 11 is 7.51. The first-order chi connectivity index (χ1) is 13.6. The predicted molar refractivity (Wildman–Crippen MR) is 117 cm³/mol. The molecule has 5 nitrogen and oxygen atoms in total. The van der Waals surface area contributed by atoms with Gasteiger partial charge in [0.15, 0.2) is 5.13 Å². The van der Waals surface area contributed by atoms with Crippen LogP contribution in [-0.4, -0.2) is 55.2 Å². The molecule has 154 valence electrons. The Morgan fingerprint density at radius 3 is 2.66 bits per heavy atom. The quantitative estimate of drug-likeness (QED) is 0.568. The summed E-state index contributed by atoms with van der Waals surface area (Å²) in [6.07, 6.45) is 0. The van der Waals surface area contributed by atoms with Crippen molar-refractivity contribution in [3.63, 3.8) is 0 Å². The van der Waals surface area contributed by atoms with Gasteiger partial charge in [-0.25, -0.2) is 9.37 Å². The van der Waals surface area contributed by atoms with Gasteiger partial charge in [0.25, 0.3) is 5.91 Å². The second-order valence-corrected chi connectivity index (χ2v) is 7.97. The lowest BCUT2D eigenvalue weighted by Crippen LogP contribution is -2.43. The first-order valence-corrected chi connectivity index (χ1v) is 10.2. The Bertz CT molecular complexity index is 978. The summed E-state index contributed by atoms with van der Waals surface area (Å²) in [4.78, 5) is 21.7. The highest BCUT2D eigenvalue weighted by atomic mass is 35.5. The van der Waals surface area contributed by atoms with Gasteiger partial charge in [-0.1, -0.05) is 22.9 Å². The fraction of sp³-hybridized carbons (Fsp3) is 0.300. The van der Waals surface area contributed by atoms with Crippen molar-refractivity contribution in [3.05, 3.63) is 58.9 Å². The van der Waals surface area contributed by atoms with E-state index in [1.165, 1.54) is 35.6 Å². The van der Waals surface area contributed by atoms with Gasteiger partial charge >= 0.3 is 0 Å². The number of amides is 1. The summed E-state index contributed by atoms with van der Waals surface area (Å²) in [7, 11) is 0. The molecule has 1 saturated heterocycles. The van der Waals surface area contributed by atoms with Gasteiger partial charge < -0.3 is 4.74 Å². The Morgan fingerprint density at radius 1 is 1.21 bits per heavy atom. The molecule has 4 rings (SSSR count). The molecule has 29 heavy (non-hydrogen) atoms.